The predicted molar refractivity (Wildman–Crippen MR) is 73.2 cm³/mol. The predicted octanol–water partition coefficient (Wildman–Crippen LogP) is 3.50. The standard InChI is InChI=1S/C16H18FNO/c1-11(2)8-12-4-3-5-13(9-12)16(19)14-6-7-18-10-15(14)17/h3-7,9-11,16,19H,8H2,1-2H3. The lowest BCUT2D eigenvalue weighted by Gasteiger charge is -2.14. The van der Waals surface area contributed by atoms with Crippen molar-refractivity contribution >= 4 is 0 Å². The van der Waals surface area contributed by atoms with Crippen LogP contribution in [0.4, 0.5) is 4.39 Å². The molecule has 0 aliphatic heterocycles. The van der Waals surface area contributed by atoms with Crippen molar-refractivity contribution in [1.29, 1.82) is 0 Å². The van der Waals surface area contributed by atoms with E-state index >= 15 is 0 Å². The molecule has 0 saturated carbocycles. The first-order chi connectivity index (χ1) is 9.08. The number of hydrogen-bond acceptors (Lipinski definition) is 2. The smallest absolute Gasteiger partial charge is 0.147 e. The van der Waals surface area contributed by atoms with Gasteiger partial charge < -0.3 is 5.11 Å². The Hall–Kier alpha value is -1.74. The molecule has 2 rings (SSSR count). The highest BCUT2D eigenvalue weighted by Crippen LogP contribution is 2.24. The van der Waals surface area contributed by atoms with Crippen molar-refractivity contribution in [2.24, 2.45) is 5.92 Å². The molecule has 0 aliphatic rings. The zero-order chi connectivity index (χ0) is 13.8. The molecule has 1 N–H and O–H groups in total. The molecule has 0 fully saturated rings. The van der Waals surface area contributed by atoms with Gasteiger partial charge in [0.05, 0.1) is 6.20 Å². The Morgan fingerprint density at radius 1 is 1.26 bits per heavy atom. The molecule has 0 aliphatic carbocycles. The Morgan fingerprint density at radius 3 is 2.74 bits per heavy atom. The summed E-state index contributed by atoms with van der Waals surface area (Å²) in [6.45, 7) is 4.29. The van der Waals surface area contributed by atoms with Crippen molar-refractivity contribution in [1.82, 2.24) is 4.98 Å². The van der Waals surface area contributed by atoms with Gasteiger partial charge in [-0.05, 0) is 29.5 Å². The Kier molecular flexibility index (Phi) is 4.27. The largest absolute Gasteiger partial charge is 0.384 e. The lowest BCUT2D eigenvalue weighted by Crippen LogP contribution is -2.04. The molecule has 2 nitrogen and oxygen atoms in total. The lowest BCUT2D eigenvalue weighted by molar-refractivity contribution is 0.214. The molecule has 1 atom stereocenters. The van der Waals surface area contributed by atoms with Crippen molar-refractivity contribution in [3.8, 4) is 0 Å². The minimum absolute atomic E-state index is 0.261. The fourth-order valence-electron chi connectivity index (χ4n) is 2.15. The van der Waals surface area contributed by atoms with Gasteiger partial charge in [0.2, 0.25) is 0 Å². The maximum Gasteiger partial charge on any atom is 0.147 e. The first-order valence-corrected chi connectivity index (χ1v) is 6.44. The van der Waals surface area contributed by atoms with Gasteiger partial charge in [-0.25, -0.2) is 4.39 Å². The van der Waals surface area contributed by atoms with Gasteiger partial charge in [-0.15, -0.1) is 0 Å². The van der Waals surface area contributed by atoms with E-state index in [1.807, 2.05) is 24.3 Å². The number of halogens is 1. The molecule has 3 heteroatoms. The Balaban J connectivity index is 2.29. The average Bonchev–Trinajstić information content (AvgIpc) is 2.38. The summed E-state index contributed by atoms with van der Waals surface area (Å²) in [5, 5.41) is 10.3. The van der Waals surface area contributed by atoms with Gasteiger partial charge in [-0.1, -0.05) is 38.1 Å². The van der Waals surface area contributed by atoms with E-state index in [4.69, 9.17) is 0 Å². The number of aromatic nitrogens is 1. The number of aliphatic hydroxyl groups is 1. The van der Waals surface area contributed by atoms with Gasteiger partial charge in [-0.2, -0.15) is 0 Å². The lowest BCUT2D eigenvalue weighted by atomic mass is 9.96. The Labute approximate surface area is 112 Å². The summed E-state index contributed by atoms with van der Waals surface area (Å²) >= 11 is 0. The van der Waals surface area contributed by atoms with E-state index in [0.29, 0.717) is 11.5 Å². The van der Waals surface area contributed by atoms with Crippen LogP contribution in [0, 0.1) is 11.7 Å². The molecular formula is C16H18FNO. The van der Waals surface area contributed by atoms with Gasteiger partial charge in [0.25, 0.3) is 0 Å². The Morgan fingerprint density at radius 2 is 2.05 bits per heavy atom. The van der Waals surface area contributed by atoms with E-state index in [-0.39, 0.29) is 5.56 Å². The van der Waals surface area contributed by atoms with E-state index in [0.717, 1.165) is 18.2 Å². The third kappa shape index (κ3) is 3.38. The molecule has 0 bridgehead atoms. The minimum atomic E-state index is -0.949. The van der Waals surface area contributed by atoms with Crippen LogP contribution in [0.25, 0.3) is 0 Å². The molecule has 1 aromatic carbocycles. The Bertz CT molecular complexity index is 554. The number of hydrogen-bond donors (Lipinski definition) is 1. The molecule has 1 aromatic heterocycles. The van der Waals surface area contributed by atoms with Crippen LogP contribution in [0.15, 0.2) is 42.7 Å². The quantitative estimate of drug-likeness (QED) is 0.911. The summed E-state index contributed by atoms with van der Waals surface area (Å²) in [6.07, 6.45) is 2.60. The van der Waals surface area contributed by atoms with Crippen LogP contribution in [0.2, 0.25) is 0 Å². The van der Waals surface area contributed by atoms with Crippen LogP contribution in [0.5, 0.6) is 0 Å². The van der Waals surface area contributed by atoms with Crippen molar-refractivity contribution in [3.05, 3.63) is 65.2 Å². The number of benzene rings is 1. The van der Waals surface area contributed by atoms with Crippen molar-refractivity contribution < 1.29 is 9.50 Å². The van der Waals surface area contributed by atoms with Crippen molar-refractivity contribution in [2.45, 2.75) is 26.4 Å². The summed E-state index contributed by atoms with van der Waals surface area (Å²) in [5.41, 5.74) is 2.13. The molecule has 0 radical (unpaired) electrons. The highest BCUT2D eigenvalue weighted by molar-refractivity contribution is 5.32. The van der Waals surface area contributed by atoms with Crippen LogP contribution in [0.1, 0.15) is 36.6 Å². The molecule has 1 unspecified atom stereocenters. The number of aliphatic hydroxyl groups excluding tert-OH is 1. The van der Waals surface area contributed by atoms with Crippen molar-refractivity contribution in [3.63, 3.8) is 0 Å². The average molecular weight is 259 g/mol. The molecule has 0 amide bonds. The van der Waals surface area contributed by atoms with Crippen LogP contribution >= 0.6 is 0 Å². The third-order valence-corrected chi connectivity index (χ3v) is 3.01. The van der Waals surface area contributed by atoms with E-state index in [1.165, 1.54) is 12.3 Å². The fraction of sp³-hybridized carbons (Fsp3) is 0.312. The van der Waals surface area contributed by atoms with E-state index in [1.54, 1.807) is 0 Å². The van der Waals surface area contributed by atoms with Crippen LogP contribution in [-0.4, -0.2) is 10.1 Å². The molecular weight excluding hydrogens is 241 g/mol. The monoisotopic (exact) mass is 259 g/mol. The minimum Gasteiger partial charge on any atom is -0.384 e. The van der Waals surface area contributed by atoms with Gasteiger partial charge in [-0.3, -0.25) is 4.98 Å². The molecule has 19 heavy (non-hydrogen) atoms. The van der Waals surface area contributed by atoms with E-state index < -0.39 is 11.9 Å². The second-order valence-electron chi connectivity index (χ2n) is 5.14. The highest BCUT2D eigenvalue weighted by Gasteiger charge is 2.15. The normalized spacial score (nSPS) is 12.7. The third-order valence-electron chi connectivity index (χ3n) is 3.01. The number of nitrogens with zero attached hydrogens (tertiary/aromatic N) is 1. The second kappa shape index (κ2) is 5.93. The summed E-state index contributed by atoms with van der Waals surface area (Å²) in [4.78, 5) is 3.69. The topological polar surface area (TPSA) is 33.1 Å². The van der Waals surface area contributed by atoms with Gasteiger partial charge in [0.1, 0.15) is 11.9 Å². The molecule has 0 saturated heterocycles. The zero-order valence-corrected chi connectivity index (χ0v) is 11.2. The zero-order valence-electron chi connectivity index (χ0n) is 11.2. The summed E-state index contributed by atoms with van der Waals surface area (Å²) in [5.74, 6) is 0.0642. The van der Waals surface area contributed by atoms with E-state index in [2.05, 4.69) is 18.8 Å². The molecule has 2 aromatic rings. The number of rotatable bonds is 4. The maximum absolute atomic E-state index is 13.6. The first kappa shape index (κ1) is 13.7. The maximum atomic E-state index is 13.6. The highest BCUT2D eigenvalue weighted by atomic mass is 19.1. The van der Waals surface area contributed by atoms with E-state index in [9.17, 15) is 9.50 Å². The summed E-state index contributed by atoms with van der Waals surface area (Å²) < 4.78 is 13.6. The first-order valence-electron chi connectivity index (χ1n) is 6.44. The molecule has 100 valence electrons. The van der Waals surface area contributed by atoms with Crippen LogP contribution in [0.3, 0.4) is 0 Å². The van der Waals surface area contributed by atoms with Gasteiger partial charge in [0.15, 0.2) is 0 Å². The van der Waals surface area contributed by atoms with Gasteiger partial charge >= 0.3 is 0 Å². The number of pyridine rings is 1. The van der Waals surface area contributed by atoms with Crippen LogP contribution in [-0.2, 0) is 6.42 Å². The second-order valence-corrected chi connectivity index (χ2v) is 5.14. The molecule has 1 heterocycles. The fourth-order valence-corrected chi connectivity index (χ4v) is 2.15. The van der Waals surface area contributed by atoms with Crippen LogP contribution < -0.4 is 0 Å². The summed E-state index contributed by atoms with van der Waals surface area (Å²) in [7, 11) is 0. The van der Waals surface area contributed by atoms with Gasteiger partial charge in [0, 0.05) is 11.8 Å². The van der Waals surface area contributed by atoms with Crippen molar-refractivity contribution in [2.75, 3.05) is 0 Å². The summed E-state index contributed by atoms with van der Waals surface area (Å²) in [6, 6.07) is 9.18. The SMILES string of the molecule is CC(C)Cc1cccc(C(O)c2ccncc2F)c1. The molecule has 0 spiro atoms.